The lowest BCUT2D eigenvalue weighted by molar-refractivity contribution is 0.0808. The van der Waals surface area contributed by atoms with Gasteiger partial charge in [-0.25, -0.2) is 0 Å². The number of allylic oxidation sites excluding steroid dienone is 2. The quantitative estimate of drug-likeness (QED) is 0.657. The van der Waals surface area contributed by atoms with E-state index in [0.29, 0.717) is 5.41 Å². The van der Waals surface area contributed by atoms with E-state index in [0.717, 1.165) is 23.5 Å². The van der Waals surface area contributed by atoms with Crippen LogP contribution in [0.15, 0.2) is 28.8 Å². The molecule has 2 heteroatoms. The summed E-state index contributed by atoms with van der Waals surface area (Å²) in [6, 6.07) is 6.76. The van der Waals surface area contributed by atoms with E-state index in [2.05, 4.69) is 47.1 Å². The molecule has 1 aromatic rings. The zero-order chi connectivity index (χ0) is 14.6. The van der Waals surface area contributed by atoms with Crippen LogP contribution >= 0.6 is 15.9 Å². The van der Waals surface area contributed by atoms with Crippen molar-refractivity contribution in [1.82, 2.24) is 0 Å². The summed E-state index contributed by atoms with van der Waals surface area (Å²) < 4.78 is 6.87. The highest BCUT2D eigenvalue weighted by atomic mass is 79.9. The van der Waals surface area contributed by atoms with Crippen LogP contribution in [-0.2, 0) is 6.42 Å². The number of aryl methyl sites for hydroxylation is 1. The van der Waals surface area contributed by atoms with Crippen LogP contribution in [0.5, 0.6) is 5.75 Å². The first-order valence-corrected chi connectivity index (χ1v) is 8.96. The van der Waals surface area contributed by atoms with E-state index in [9.17, 15) is 0 Å². The number of benzene rings is 1. The highest BCUT2D eigenvalue weighted by Crippen LogP contribution is 2.62. The number of fused-ring (bicyclic) bond motifs is 5. The van der Waals surface area contributed by atoms with Gasteiger partial charge >= 0.3 is 0 Å². The average molecular weight is 347 g/mol. The minimum Gasteiger partial charge on any atom is -0.497 e. The van der Waals surface area contributed by atoms with Crippen molar-refractivity contribution in [3.05, 3.63) is 39.9 Å². The molecule has 112 valence electrons. The number of rotatable bonds is 1. The van der Waals surface area contributed by atoms with Crippen molar-refractivity contribution in [3.63, 3.8) is 0 Å². The largest absolute Gasteiger partial charge is 0.497 e. The van der Waals surface area contributed by atoms with E-state index in [4.69, 9.17) is 4.74 Å². The van der Waals surface area contributed by atoms with Crippen LogP contribution in [0.25, 0.3) is 0 Å². The highest BCUT2D eigenvalue weighted by Gasteiger charge is 2.51. The van der Waals surface area contributed by atoms with Crippen LogP contribution in [0, 0.1) is 17.3 Å². The Kier molecular flexibility index (Phi) is 3.22. The fraction of sp³-hybridized carbons (Fsp3) is 0.579. The van der Waals surface area contributed by atoms with Crippen LogP contribution in [-0.4, -0.2) is 7.11 Å². The number of hydrogen-bond donors (Lipinski definition) is 0. The smallest absolute Gasteiger partial charge is 0.119 e. The van der Waals surface area contributed by atoms with Crippen LogP contribution in [0.1, 0.15) is 49.7 Å². The molecule has 4 atom stereocenters. The van der Waals surface area contributed by atoms with Gasteiger partial charge in [-0.15, -0.1) is 0 Å². The molecule has 0 N–H and O–H groups in total. The molecule has 1 saturated carbocycles. The van der Waals surface area contributed by atoms with Crippen molar-refractivity contribution in [1.29, 1.82) is 0 Å². The summed E-state index contributed by atoms with van der Waals surface area (Å²) in [5, 5.41) is 0. The third-order valence-electron chi connectivity index (χ3n) is 6.42. The van der Waals surface area contributed by atoms with Gasteiger partial charge in [-0.3, -0.25) is 0 Å². The molecule has 1 fully saturated rings. The zero-order valence-corrected chi connectivity index (χ0v) is 14.4. The van der Waals surface area contributed by atoms with Gasteiger partial charge in [-0.2, -0.15) is 0 Å². The molecule has 0 unspecified atom stereocenters. The first-order valence-electron chi connectivity index (χ1n) is 8.16. The van der Waals surface area contributed by atoms with E-state index in [1.165, 1.54) is 42.1 Å². The van der Waals surface area contributed by atoms with E-state index in [1.54, 1.807) is 12.7 Å². The Bertz CT molecular complexity index is 606. The van der Waals surface area contributed by atoms with Gasteiger partial charge in [0.15, 0.2) is 0 Å². The Labute approximate surface area is 135 Å². The minimum absolute atomic E-state index is 0.408. The molecule has 0 aliphatic heterocycles. The molecule has 21 heavy (non-hydrogen) atoms. The lowest BCUT2D eigenvalue weighted by atomic mass is 9.56. The van der Waals surface area contributed by atoms with Gasteiger partial charge < -0.3 is 4.74 Å². The summed E-state index contributed by atoms with van der Waals surface area (Å²) in [7, 11) is 1.77. The molecular weight excluding hydrogens is 324 g/mol. The van der Waals surface area contributed by atoms with Gasteiger partial charge in [-0.05, 0) is 77.6 Å². The number of halogens is 1. The van der Waals surface area contributed by atoms with Crippen molar-refractivity contribution >= 4 is 15.9 Å². The van der Waals surface area contributed by atoms with Crippen LogP contribution in [0.3, 0.4) is 0 Å². The molecule has 0 saturated heterocycles. The maximum atomic E-state index is 5.40. The maximum Gasteiger partial charge on any atom is 0.119 e. The standard InChI is InChI=1S/C19H23BrO/c1-19-10-9-15-14-6-4-13(21-2)11-12(14)3-5-16(15)17(19)7-8-18(19)20/h4,6,8,11,15-17H,3,5,7,9-10H2,1-2H3/t15-,16-,17+,19+/m1/s1. The summed E-state index contributed by atoms with van der Waals surface area (Å²) in [6.07, 6.45) is 8.93. The molecule has 0 aromatic heterocycles. The lowest BCUT2D eigenvalue weighted by Gasteiger charge is -2.49. The normalized spacial score (nSPS) is 37.3. The second-order valence-corrected chi connectivity index (χ2v) is 8.08. The summed E-state index contributed by atoms with van der Waals surface area (Å²) in [5.41, 5.74) is 3.55. The van der Waals surface area contributed by atoms with E-state index in [-0.39, 0.29) is 0 Å². The van der Waals surface area contributed by atoms with E-state index >= 15 is 0 Å². The van der Waals surface area contributed by atoms with Crippen molar-refractivity contribution in [2.75, 3.05) is 7.11 Å². The Hall–Kier alpha value is -0.760. The third kappa shape index (κ3) is 1.94. The fourth-order valence-corrected chi connectivity index (χ4v) is 5.88. The van der Waals surface area contributed by atoms with Gasteiger partial charge in [0, 0.05) is 5.41 Å². The molecule has 0 heterocycles. The fourth-order valence-electron chi connectivity index (χ4n) is 5.20. The minimum atomic E-state index is 0.408. The molecule has 0 spiro atoms. The lowest BCUT2D eigenvalue weighted by Crippen LogP contribution is -2.40. The molecule has 3 aliphatic carbocycles. The van der Waals surface area contributed by atoms with Crippen molar-refractivity contribution in [3.8, 4) is 5.75 Å². The summed E-state index contributed by atoms with van der Waals surface area (Å²) in [6.45, 7) is 2.48. The van der Waals surface area contributed by atoms with E-state index in [1.807, 2.05) is 0 Å². The molecule has 3 aliphatic rings. The summed E-state index contributed by atoms with van der Waals surface area (Å²) in [4.78, 5) is 0. The number of methoxy groups -OCH3 is 1. The van der Waals surface area contributed by atoms with Crippen molar-refractivity contribution in [2.45, 2.75) is 44.9 Å². The first-order chi connectivity index (χ1) is 10.1. The van der Waals surface area contributed by atoms with Crippen LogP contribution in [0.2, 0.25) is 0 Å². The SMILES string of the molecule is COc1ccc2c(c1)CC[C@@H]1[C@@H]2CC[C@]2(C)C(Br)=CC[C@@H]12. The Morgan fingerprint density at radius 1 is 1.29 bits per heavy atom. The second kappa shape index (κ2) is 4.87. The third-order valence-corrected chi connectivity index (χ3v) is 7.65. The molecule has 0 amide bonds. The maximum absolute atomic E-state index is 5.40. The first kappa shape index (κ1) is 13.9. The van der Waals surface area contributed by atoms with Crippen LogP contribution < -0.4 is 4.74 Å². The van der Waals surface area contributed by atoms with Gasteiger partial charge in [0.1, 0.15) is 5.75 Å². The molecule has 1 aromatic carbocycles. The summed E-state index contributed by atoms with van der Waals surface area (Å²) >= 11 is 3.85. The average Bonchev–Trinajstić information content (AvgIpc) is 2.82. The zero-order valence-electron chi connectivity index (χ0n) is 12.9. The van der Waals surface area contributed by atoms with Crippen LogP contribution in [0.4, 0.5) is 0 Å². The van der Waals surface area contributed by atoms with Gasteiger partial charge in [0.05, 0.1) is 7.11 Å². The predicted molar refractivity (Wildman–Crippen MR) is 90.0 cm³/mol. The number of hydrogen-bond acceptors (Lipinski definition) is 1. The Morgan fingerprint density at radius 2 is 2.14 bits per heavy atom. The van der Waals surface area contributed by atoms with Gasteiger partial charge in [0.2, 0.25) is 0 Å². The van der Waals surface area contributed by atoms with E-state index < -0.39 is 0 Å². The second-order valence-electron chi connectivity index (χ2n) is 7.22. The molecule has 0 radical (unpaired) electrons. The van der Waals surface area contributed by atoms with Crippen molar-refractivity contribution in [2.24, 2.45) is 17.3 Å². The van der Waals surface area contributed by atoms with Gasteiger partial charge in [0.25, 0.3) is 0 Å². The Morgan fingerprint density at radius 3 is 2.95 bits per heavy atom. The highest BCUT2D eigenvalue weighted by molar-refractivity contribution is 9.11. The van der Waals surface area contributed by atoms with Crippen molar-refractivity contribution < 1.29 is 4.74 Å². The predicted octanol–water partition coefficient (Wildman–Crippen LogP) is 5.44. The molecule has 1 nitrogen and oxygen atoms in total. The molecular formula is C19H23BrO. The molecule has 4 rings (SSSR count). The van der Waals surface area contributed by atoms with Gasteiger partial charge in [-0.1, -0.05) is 35.0 Å². The Balaban J connectivity index is 1.69. The topological polar surface area (TPSA) is 9.23 Å². The number of ether oxygens (including phenoxy) is 1. The monoisotopic (exact) mass is 346 g/mol. The molecule has 0 bridgehead atoms. The summed E-state index contributed by atoms with van der Waals surface area (Å²) in [5.74, 6) is 3.47.